The van der Waals surface area contributed by atoms with Gasteiger partial charge in [-0.1, -0.05) is 12.1 Å². The van der Waals surface area contributed by atoms with Crippen LogP contribution in [0.25, 0.3) is 44.8 Å². The van der Waals surface area contributed by atoms with Gasteiger partial charge in [-0.05, 0) is 103 Å². The maximum Gasteiger partial charge on any atom is 0.416 e. The fourth-order valence-electron chi connectivity index (χ4n) is 6.57. The van der Waals surface area contributed by atoms with Crippen LogP contribution in [-0.4, -0.2) is 45.4 Å². The van der Waals surface area contributed by atoms with Crippen molar-refractivity contribution in [2.75, 3.05) is 14.2 Å². The molecule has 10 nitrogen and oxygen atoms in total. The molecule has 0 unspecified atom stereocenters. The standard InChI is InChI=1S/C40H32F4N4O4.C2H4O2/c1-51-31-14-4-25(5-15-31)24-48-36-22-28(39(49)50)10-18-35(36)47(38(48)27-8-16-32(52-2)17-9-27)21-3-20-46-34-19-11-29(40(42,43)44)23-33(34)45-37(46)26-6-12-30(41)13-7-26;1-2(3)4/h4-19,22-23H,3,20-21,24H2,1-2H3;1H3,(H,3,4). The summed E-state index contributed by atoms with van der Waals surface area (Å²) in [4.78, 5) is 25.6. The van der Waals surface area contributed by atoms with E-state index in [0.29, 0.717) is 60.0 Å². The number of carbonyl (C=O) groups is 2. The average Bonchev–Trinajstić information content (AvgIpc) is 3.69. The monoisotopic (exact) mass is 768 g/mol. The van der Waals surface area contributed by atoms with E-state index in [9.17, 15) is 27.5 Å². The Bertz CT molecular complexity index is 2510. The summed E-state index contributed by atoms with van der Waals surface area (Å²) in [5.74, 6) is 0.0513. The molecular weight excluding hydrogens is 732 g/mol. The van der Waals surface area contributed by atoms with Gasteiger partial charge in [-0.15, -0.1) is 0 Å². The molecule has 0 saturated carbocycles. The lowest BCUT2D eigenvalue weighted by molar-refractivity contribution is -0.661. The summed E-state index contributed by atoms with van der Waals surface area (Å²) in [5, 5.41) is 18.8. The van der Waals surface area contributed by atoms with Gasteiger partial charge in [0.25, 0.3) is 5.82 Å². The molecule has 0 fully saturated rings. The molecule has 14 heteroatoms. The van der Waals surface area contributed by atoms with E-state index in [1.54, 1.807) is 44.6 Å². The number of methoxy groups -OCH3 is 2. The highest BCUT2D eigenvalue weighted by atomic mass is 19.4. The number of fused-ring (bicyclic) bond motifs is 2. The number of aliphatic carboxylic acids is 1. The number of carbonyl (C=O) groups excluding carboxylic acids is 1. The van der Waals surface area contributed by atoms with Crippen molar-refractivity contribution >= 4 is 34.0 Å². The number of hydrogen-bond acceptors (Lipinski definition) is 6. The highest BCUT2D eigenvalue weighted by molar-refractivity contribution is 5.92. The van der Waals surface area contributed by atoms with Gasteiger partial charge in [0.2, 0.25) is 0 Å². The number of carboxylic acid groups (broad SMARTS) is 2. The van der Waals surface area contributed by atoms with Gasteiger partial charge < -0.3 is 29.0 Å². The lowest BCUT2D eigenvalue weighted by Crippen LogP contribution is -2.36. The van der Waals surface area contributed by atoms with E-state index in [2.05, 4.69) is 14.1 Å². The third-order valence-electron chi connectivity index (χ3n) is 9.10. The normalized spacial score (nSPS) is 11.3. The van der Waals surface area contributed by atoms with Gasteiger partial charge in [-0.3, -0.25) is 0 Å². The zero-order valence-electron chi connectivity index (χ0n) is 30.5. The molecule has 0 spiro atoms. The minimum atomic E-state index is -4.54. The summed E-state index contributed by atoms with van der Waals surface area (Å²) >= 11 is 0. The highest BCUT2D eigenvalue weighted by Crippen LogP contribution is 2.34. The topological polar surface area (TPSA) is 123 Å². The number of nitrogens with zero attached hydrogens (tertiary/aromatic N) is 4. The van der Waals surface area contributed by atoms with Crippen LogP contribution in [-0.2, 0) is 30.6 Å². The fourth-order valence-corrected chi connectivity index (χ4v) is 6.57. The van der Waals surface area contributed by atoms with Gasteiger partial charge in [0.15, 0.2) is 11.0 Å². The molecule has 0 aliphatic rings. The number of hydrogen-bond donors (Lipinski definition) is 1. The Hall–Kier alpha value is -6.70. The van der Waals surface area contributed by atoms with Crippen molar-refractivity contribution in [1.29, 1.82) is 0 Å². The van der Waals surface area contributed by atoms with Gasteiger partial charge in [0, 0.05) is 30.6 Å². The Morgan fingerprint density at radius 2 is 1.41 bits per heavy atom. The van der Waals surface area contributed by atoms with Gasteiger partial charge in [-0.25, -0.2) is 23.3 Å². The smallest absolute Gasteiger partial charge is 0.416 e. The number of aryl methyl sites for hydroxylation is 2. The predicted molar refractivity (Wildman–Crippen MR) is 199 cm³/mol. The molecule has 288 valence electrons. The van der Waals surface area contributed by atoms with Crippen molar-refractivity contribution < 1.29 is 51.4 Å². The molecule has 1 N–H and O–H groups in total. The lowest BCUT2D eigenvalue weighted by Gasteiger charge is -2.11. The van der Waals surface area contributed by atoms with Crippen molar-refractivity contribution in [2.24, 2.45) is 0 Å². The van der Waals surface area contributed by atoms with E-state index < -0.39 is 29.5 Å². The van der Waals surface area contributed by atoms with E-state index >= 15 is 0 Å². The number of benzene rings is 5. The molecule has 56 heavy (non-hydrogen) atoms. The van der Waals surface area contributed by atoms with E-state index in [-0.39, 0.29) is 11.1 Å². The van der Waals surface area contributed by atoms with E-state index in [1.807, 2.05) is 53.1 Å². The molecular formula is C42H36F4N4O6. The van der Waals surface area contributed by atoms with Crippen LogP contribution in [0.1, 0.15) is 34.8 Å². The number of alkyl halides is 3. The lowest BCUT2D eigenvalue weighted by atomic mass is 10.1. The molecule has 2 aromatic heterocycles. The number of carboxylic acids is 2. The van der Waals surface area contributed by atoms with Crippen LogP contribution in [0.4, 0.5) is 17.6 Å². The summed E-state index contributed by atoms with van der Waals surface area (Å²) in [7, 11) is 3.19. The average molecular weight is 769 g/mol. The fraction of sp³-hybridized carbons (Fsp3) is 0.190. The van der Waals surface area contributed by atoms with Crippen LogP contribution in [0.2, 0.25) is 0 Å². The molecule has 0 amide bonds. The third-order valence-corrected chi connectivity index (χ3v) is 9.10. The Morgan fingerprint density at radius 1 is 0.804 bits per heavy atom. The van der Waals surface area contributed by atoms with Crippen molar-refractivity contribution in [3.63, 3.8) is 0 Å². The molecule has 7 aromatic rings. The number of rotatable bonds is 11. The van der Waals surface area contributed by atoms with Crippen molar-refractivity contribution in [2.45, 2.75) is 39.2 Å². The maximum atomic E-state index is 13.9. The first-order valence-corrected chi connectivity index (χ1v) is 17.3. The van der Waals surface area contributed by atoms with E-state index in [1.165, 1.54) is 18.2 Å². The molecule has 0 aliphatic heterocycles. The first kappa shape index (κ1) is 39.0. The Balaban J connectivity index is 0.00000127. The van der Waals surface area contributed by atoms with Crippen LogP contribution in [0, 0.1) is 5.82 Å². The second-order valence-electron chi connectivity index (χ2n) is 12.8. The molecule has 0 saturated heterocycles. The Labute approximate surface area is 318 Å². The molecule has 5 aromatic carbocycles. The molecule has 0 radical (unpaired) electrons. The van der Waals surface area contributed by atoms with Crippen molar-refractivity contribution in [1.82, 2.24) is 14.1 Å². The number of imidazole rings is 2. The summed E-state index contributed by atoms with van der Waals surface area (Å²) in [6.45, 7) is 2.20. The van der Waals surface area contributed by atoms with Crippen LogP contribution in [0.3, 0.4) is 0 Å². The van der Waals surface area contributed by atoms with Crippen molar-refractivity contribution in [3.8, 4) is 34.3 Å². The van der Waals surface area contributed by atoms with Gasteiger partial charge in [0.1, 0.15) is 29.7 Å². The predicted octanol–water partition coefficient (Wildman–Crippen LogP) is 7.38. The third kappa shape index (κ3) is 8.49. The first-order valence-electron chi connectivity index (χ1n) is 17.3. The Kier molecular flexibility index (Phi) is 11.4. The molecule has 0 bridgehead atoms. The molecule has 7 rings (SSSR count). The van der Waals surface area contributed by atoms with Crippen LogP contribution in [0.15, 0.2) is 109 Å². The largest absolute Gasteiger partial charge is 0.550 e. The van der Waals surface area contributed by atoms with Gasteiger partial charge >= 0.3 is 12.1 Å². The zero-order valence-corrected chi connectivity index (χ0v) is 30.5. The molecule has 0 atom stereocenters. The summed E-state index contributed by atoms with van der Waals surface area (Å²) in [6.07, 6.45) is -4.03. The van der Waals surface area contributed by atoms with E-state index in [4.69, 9.17) is 19.4 Å². The van der Waals surface area contributed by atoms with Crippen LogP contribution in [0.5, 0.6) is 11.5 Å². The minimum absolute atomic E-state index is 0.140. The van der Waals surface area contributed by atoms with Gasteiger partial charge in [0.05, 0.1) is 48.5 Å². The molecule has 2 heterocycles. The Morgan fingerprint density at radius 3 is 2.00 bits per heavy atom. The summed E-state index contributed by atoms with van der Waals surface area (Å²) in [5.41, 5.74) is 3.93. The quantitative estimate of drug-likeness (QED) is 0.108. The second kappa shape index (κ2) is 16.3. The zero-order chi connectivity index (χ0) is 40.1. The van der Waals surface area contributed by atoms with E-state index in [0.717, 1.165) is 41.5 Å². The molecule has 0 aliphatic carbocycles. The second-order valence-corrected chi connectivity index (χ2v) is 12.8. The van der Waals surface area contributed by atoms with Crippen LogP contribution >= 0.6 is 0 Å². The minimum Gasteiger partial charge on any atom is -0.550 e. The number of aromatic nitrogens is 4. The SMILES string of the molecule is CC(=O)[O-].COc1ccc(Cn2c(-c3ccc(OC)cc3)[n+](CCCn3c(-c4ccc(F)cc4)nc4cc(C(F)(F)F)ccc43)c3ccc(C(=O)O)cc32)cc1. The van der Waals surface area contributed by atoms with Crippen LogP contribution < -0.4 is 19.1 Å². The number of ether oxygens (including phenoxy) is 2. The van der Waals surface area contributed by atoms with Gasteiger partial charge in [-0.2, -0.15) is 13.2 Å². The number of aromatic carboxylic acids is 1. The van der Waals surface area contributed by atoms with Crippen molar-refractivity contribution in [3.05, 3.63) is 132 Å². The number of halogens is 4. The maximum absolute atomic E-state index is 13.9. The summed E-state index contributed by atoms with van der Waals surface area (Å²) in [6, 6.07) is 29.5. The highest BCUT2D eigenvalue weighted by Gasteiger charge is 2.32. The first-order chi connectivity index (χ1) is 26.8. The summed E-state index contributed by atoms with van der Waals surface area (Å²) < 4.78 is 71.7.